The Hall–Kier alpha value is -2.64. The number of carbonyl (C=O) groups is 1. The van der Waals surface area contributed by atoms with Crippen LogP contribution in [0.2, 0.25) is 0 Å². The van der Waals surface area contributed by atoms with Crippen LogP contribution in [-0.2, 0) is 0 Å². The molecule has 2 aromatic carbocycles. The summed E-state index contributed by atoms with van der Waals surface area (Å²) in [5, 5.41) is 0.687. The summed E-state index contributed by atoms with van der Waals surface area (Å²) >= 11 is 1.52. The van der Waals surface area contributed by atoms with E-state index < -0.39 is 0 Å². The van der Waals surface area contributed by atoms with Gasteiger partial charge >= 0.3 is 0 Å². The summed E-state index contributed by atoms with van der Waals surface area (Å²) in [5.41, 5.74) is 1.42. The quantitative estimate of drug-likeness (QED) is 0.384. The van der Waals surface area contributed by atoms with E-state index in [0.717, 1.165) is 41.3 Å². The van der Waals surface area contributed by atoms with E-state index in [4.69, 9.17) is 14.5 Å². The third-order valence-electron chi connectivity index (χ3n) is 5.15. The normalized spacial score (nSPS) is 11.3. The molecule has 6 nitrogen and oxygen atoms in total. The lowest BCUT2D eigenvalue weighted by molar-refractivity contribution is 0.0983. The Bertz CT molecular complexity index is 1010. The van der Waals surface area contributed by atoms with Crippen molar-refractivity contribution in [2.24, 2.45) is 0 Å². The van der Waals surface area contributed by atoms with Gasteiger partial charge < -0.3 is 14.4 Å². The van der Waals surface area contributed by atoms with E-state index in [1.54, 1.807) is 4.90 Å². The van der Waals surface area contributed by atoms with E-state index in [-0.39, 0.29) is 12.0 Å². The largest absolute Gasteiger partial charge is 0.492 e. The Kier molecular flexibility index (Phi) is 8.47. The zero-order valence-corrected chi connectivity index (χ0v) is 20.4. The van der Waals surface area contributed by atoms with Crippen LogP contribution in [0.1, 0.15) is 45.0 Å². The smallest absolute Gasteiger partial charge is 0.260 e. The lowest BCUT2D eigenvalue weighted by Gasteiger charge is -2.24. The first-order chi connectivity index (χ1) is 15.5. The lowest BCUT2D eigenvalue weighted by atomic mass is 10.2. The topological polar surface area (TPSA) is 54.9 Å². The molecule has 0 unspecified atom stereocenters. The molecule has 0 bridgehead atoms. The number of hydrogen-bond donors (Lipinski definition) is 0. The van der Waals surface area contributed by atoms with Crippen LogP contribution in [0.3, 0.4) is 0 Å². The minimum absolute atomic E-state index is 0.0646. The van der Waals surface area contributed by atoms with E-state index in [2.05, 4.69) is 18.7 Å². The van der Waals surface area contributed by atoms with Gasteiger partial charge in [-0.15, -0.1) is 0 Å². The number of likely N-dealkylation sites (N-methyl/N-ethyl adjacent to an activating group) is 1. The molecular formula is C25H33N3O3S. The molecular weight excluding hydrogens is 422 g/mol. The number of thiazole rings is 1. The zero-order valence-electron chi connectivity index (χ0n) is 19.6. The van der Waals surface area contributed by atoms with Gasteiger partial charge in [-0.3, -0.25) is 9.69 Å². The molecule has 0 saturated carbocycles. The number of nitrogens with zero attached hydrogens (tertiary/aromatic N) is 3. The van der Waals surface area contributed by atoms with Crippen LogP contribution in [0, 0.1) is 0 Å². The van der Waals surface area contributed by atoms with Gasteiger partial charge in [-0.2, -0.15) is 0 Å². The van der Waals surface area contributed by atoms with Crippen LogP contribution >= 0.6 is 11.3 Å². The maximum atomic E-state index is 13.6. The van der Waals surface area contributed by atoms with Crippen molar-refractivity contribution < 1.29 is 14.3 Å². The van der Waals surface area contributed by atoms with Gasteiger partial charge in [0, 0.05) is 18.7 Å². The number of anilines is 1. The number of ether oxygens (including phenoxy) is 2. The standard InChI is InChI=1S/C25H33N3O3S/c1-6-27(7-2)16-17-28(24(29)19-12-14-20(15-13-19)31-18(4)5)25-26-23-21(30-8-3)10-9-11-22(23)32-25/h9-15,18H,6-8,16-17H2,1-5H3. The number of rotatable bonds is 11. The molecule has 0 radical (unpaired) electrons. The molecule has 0 aliphatic carbocycles. The van der Waals surface area contributed by atoms with Crippen molar-refractivity contribution in [3.63, 3.8) is 0 Å². The van der Waals surface area contributed by atoms with E-state index in [9.17, 15) is 4.79 Å². The van der Waals surface area contributed by atoms with Gasteiger partial charge in [-0.25, -0.2) is 4.98 Å². The van der Waals surface area contributed by atoms with Crippen molar-refractivity contribution >= 4 is 32.6 Å². The summed E-state index contributed by atoms with van der Waals surface area (Å²) in [6.07, 6.45) is 0.0874. The average molecular weight is 456 g/mol. The Morgan fingerprint density at radius 1 is 1.03 bits per heavy atom. The van der Waals surface area contributed by atoms with Crippen molar-refractivity contribution in [1.29, 1.82) is 0 Å². The fraction of sp³-hybridized carbons (Fsp3) is 0.440. The van der Waals surface area contributed by atoms with Gasteiger partial charge in [0.2, 0.25) is 0 Å². The van der Waals surface area contributed by atoms with Gasteiger partial charge in [-0.05, 0) is 70.3 Å². The van der Waals surface area contributed by atoms with Crippen LogP contribution in [0.5, 0.6) is 11.5 Å². The van der Waals surface area contributed by atoms with Gasteiger partial charge in [0.25, 0.3) is 5.91 Å². The zero-order chi connectivity index (χ0) is 23.1. The minimum atomic E-state index is -0.0646. The summed E-state index contributed by atoms with van der Waals surface area (Å²) < 4.78 is 12.5. The molecule has 0 saturated heterocycles. The molecule has 0 N–H and O–H groups in total. The highest BCUT2D eigenvalue weighted by Crippen LogP contribution is 2.35. The molecule has 3 rings (SSSR count). The molecule has 0 aliphatic rings. The van der Waals surface area contributed by atoms with E-state index in [0.29, 0.717) is 23.8 Å². The first-order valence-corrected chi connectivity index (χ1v) is 12.1. The van der Waals surface area contributed by atoms with E-state index in [1.165, 1.54) is 11.3 Å². The molecule has 0 atom stereocenters. The van der Waals surface area contributed by atoms with Gasteiger partial charge in [0.1, 0.15) is 17.0 Å². The second-order valence-electron chi connectivity index (χ2n) is 7.71. The molecule has 1 amide bonds. The van der Waals surface area contributed by atoms with Crippen molar-refractivity contribution in [2.45, 2.75) is 40.7 Å². The van der Waals surface area contributed by atoms with E-state index in [1.807, 2.05) is 63.2 Å². The second-order valence-corrected chi connectivity index (χ2v) is 8.72. The summed E-state index contributed by atoms with van der Waals surface area (Å²) in [5.74, 6) is 1.44. The fourth-order valence-corrected chi connectivity index (χ4v) is 4.48. The van der Waals surface area contributed by atoms with Gasteiger partial charge in [0.15, 0.2) is 5.13 Å². The highest BCUT2D eigenvalue weighted by atomic mass is 32.1. The summed E-state index contributed by atoms with van der Waals surface area (Å²) in [6.45, 7) is 14.0. The maximum Gasteiger partial charge on any atom is 0.260 e. The summed E-state index contributed by atoms with van der Waals surface area (Å²) in [6, 6.07) is 13.2. The van der Waals surface area contributed by atoms with Gasteiger partial charge in [-0.1, -0.05) is 31.3 Å². The first-order valence-electron chi connectivity index (χ1n) is 11.3. The van der Waals surface area contributed by atoms with Crippen molar-refractivity contribution in [3.8, 4) is 11.5 Å². The van der Waals surface area contributed by atoms with Crippen LogP contribution in [0.25, 0.3) is 10.2 Å². The number of amides is 1. The van der Waals surface area contributed by atoms with Crippen molar-refractivity contribution in [1.82, 2.24) is 9.88 Å². The Morgan fingerprint density at radius 2 is 1.75 bits per heavy atom. The van der Waals surface area contributed by atoms with E-state index >= 15 is 0 Å². The molecule has 0 spiro atoms. The third-order valence-corrected chi connectivity index (χ3v) is 6.20. The second kappa shape index (κ2) is 11.3. The number of carbonyl (C=O) groups excluding carboxylic acids is 1. The van der Waals surface area contributed by atoms with Crippen LogP contribution < -0.4 is 14.4 Å². The fourth-order valence-electron chi connectivity index (χ4n) is 3.47. The lowest BCUT2D eigenvalue weighted by Crippen LogP contribution is -2.38. The molecule has 1 aromatic heterocycles. The molecule has 7 heteroatoms. The number of benzene rings is 2. The third kappa shape index (κ3) is 5.78. The molecule has 32 heavy (non-hydrogen) atoms. The highest BCUT2D eigenvalue weighted by molar-refractivity contribution is 7.22. The maximum absolute atomic E-state index is 13.6. The van der Waals surface area contributed by atoms with Crippen LogP contribution in [0.4, 0.5) is 5.13 Å². The van der Waals surface area contributed by atoms with Crippen molar-refractivity contribution in [2.75, 3.05) is 37.7 Å². The SMILES string of the molecule is CCOc1cccc2sc(N(CCN(CC)CC)C(=O)c3ccc(OC(C)C)cc3)nc12. The number of fused-ring (bicyclic) bond motifs is 1. The Labute approximate surface area is 194 Å². The number of hydrogen-bond acceptors (Lipinski definition) is 6. The Balaban J connectivity index is 1.93. The first kappa shape index (κ1) is 24.0. The van der Waals surface area contributed by atoms with Crippen LogP contribution in [-0.4, -0.2) is 54.7 Å². The predicted octanol–water partition coefficient (Wildman–Crippen LogP) is 5.47. The van der Waals surface area contributed by atoms with Crippen molar-refractivity contribution in [3.05, 3.63) is 48.0 Å². The van der Waals surface area contributed by atoms with Gasteiger partial charge in [0.05, 0.1) is 17.4 Å². The molecule has 0 fully saturated rings. The predicted molar refractivity (Wildman–Crippen MR) is 132 cm³/mol. The monoisotopic (exact) mass is 455 g/mol. The average Bonchev–Trinajstić information content (AvgIpc) is 3.22. The molecule has 1 heterocycles. The highest BCUT2D eigenvalue weighted by Gasteiger charge is 2.23. The number of aromatic nitrogens is 1. The summed E-state index contributed by atoms with van der Waals surface area (Å²) in [4.78, 5) is 22.5. The number of para-hydroxylation sites is 1. The molecule has 3 aromatic rings. The Morgan fingerprint density at radius 3 is 2.38 bits per heavy atom. The minimum Gasteiger partial charge on any atom is -0.492 e. The molecule has 0 aliphatic heterocycles. The van der Waals surface area contributed by atoms with Crippen LogP contribution in [0.15, 0.2) is 42.5 Å². The molecule has 172 valence electrons. The summed E-state index contributed by atoms with van der Waals surface area (Å²) in [7, 11) is 0.